The van der Waals surface area contributed by atoms with E-state index < -0.39 is 0 Å². The van der Waals surface area contributed by atoms with Crippen molar-refractivity contribution in [2.75, 3.05) is 6.54 Å². The molecule has 2 heterocycles. The third kappa shape index (κ3) is 3.61. The maximum atomic E-state index is 12.2. The molecule has 1 aliphatic rings. The highest BCUT2D eigenvalue weighted by Crippen LogP contribution is 2.31. The zero-order valence-corrected chi connectivity index (χ0v) is 13.8. The monoisotopic (exact) mass is 294 g/mol. The molecule has 1 aromatic rings. The van der Waals surface area contributed by atoms with Gasteiger partial charge in [0.05, 0.1) is 6.54 Å². The molecular weight excluding hydrogens is 268 g/mol. The largest absolute Gasteiger partial charge is 0.318 e. The number of nitrogens with zero attached hydrogens (tertiary/aromatic N) is 1. The zero-order chi connectivity index (χ0) is 14.7. The fourth-order valence-electron chi connectivity index (χ4n) is 2.82. The number of hydrogen-bond donors (Lipinski definition) is 1. The Morgan fingerprint density at radius 3 is 2.70 bits per heavy atom. The second kappa shape index (κ2) is 6.72. The van der Waals surface area contributed by atoms with Crippen LogP contribution in [-0.2, 0) is 4.79 Å². The van der Waals surface area contributed by atoms with Crippen LogP contribution in [0.3, 0.4) is 0 Å². The molecule has 0 aliphatic carbocycles. The molecule has 0 radical (unpaired) electrons. The minimum Gasteiger partial charge on any atom is -0.318 e. The van der Waals surface area contributed by atoms with Gasteiger partial charge in [-0.25, -0.2) is 0 Å². The quantitative estimate of drug-likeness (QED) is 0.867. The Morgan fingerprint density at radius 2 is 2.10 bits per heavy atom. The first-order valence-corrected chi connectivity index (χ1v) is 8.41. The van der Waals surface area contributed by atoms with Gasteiger partial charge in [-0.1, -0.05) is 26.7 Å². The van der Waals surface area contributed by atoms with Gasteiger partial charge in [0.1, 0.15) is 6.17 Å². The van der Waals surface area contributed by atoms with E-state index in [9.17, 15) is 4.79 Å². The summed E-state index contributed by atoms with van der Waals surface area (Å²) in [7, 11) is 0. The van der Waals surface area contributed by atoms with Gasteiger partial charge in [-0.3, -0.25) is 10.1 Å². The average molecular weight is 294 g/mol. The number of thiophene rings is 1. The smallest absolute Gasteiger partial charge is 0.238 e. The topological polar surface area (TPSA) is 32.3 Å². The molecular formula is C16H26N2OS. The number of carbonyl (C=O) groups is 1. The Hall–Kier alpha value is -0.870. The van der Waals surface area contributed by atoms with Gasteiger partial charge >= 0.3 is 0 Å². The van der Waals surface area contributed by atoms with Crippen molar-refractivity contribution in [2.24, 2.45) is 5.92 Å². The lowest BCUT2D eigenvalue weighted by Crippen LogP contribution is -2.37. The highest BCUT2D eigenvalue weighted by atomic mass is 32.1. The molecule has 20 heavy (non-hydrogen) atoms. The predicted molar refractivity (Wildman–Crippen MR) is 84.8 cm³/mol. The van der Waals surface area contributed by atoms with Crippen LogP contribution in [0, 0.1) is 12.8 Å². The van der Waals surface area contributed by atoms with Crippen LogP contribution in [0.5, 0.6) is 0 Å². The molecule has 3 nitrogen and oxygen atoms in total. The van der Waals surface area contributed by atoms with Crippen molar-refractivity contribution in [2.45, 2.75) is 59.2 Å². The normalized spacial score (nSPS) is 20.9. The molecule has 2 atom stereocenters. The molecule has 1 fully saturated rings. The van der Waals surface area contributed by atoms with E-state index in [1.165, 1.54) is 22.6 Å². The molecule has 0 bridgehead atoms. The number of aryl methyl sites for hydroxylation is 1. The van der Waals surface area contributed by atoms with E-state index in [2.05, 4.69) is 45.1 Å². The highest BCUT2D eigenvalue weighted by molar-refractivity contribution is 7.12. The maximum absolute atomic E-state index is 12.2. The Morgan fingerprint density at radius 1 is 1.35 bits per heavy atom. The fourth-order valence-corrected chi connectivity index (χ4v) is 3.77. The van der Waals surface area contributed by atoms with Crippen molar-refractivity contribution in [3.05, 3.63) is 21.9 Å². The Bertz CT molecular complexity index is 455. The van der Waals surface area contributed by atoms with Crippen LogP contribution in [0.2, 0.25) is 0 Å². The van der Waals surface area contributed by atoms with Crippen LogP contribution >= 0.6 is 11.3 Å². The van der Waals surface area contributed by atoms with Crippen molar-refractivity contribution in [1.29, 1.82) is 0 Å². The average Bonchev–Trinajstić information content (AvgIpc) is 2.94. The van der Waals surface area contributed by atoms with Crippen LogP contribution < -0.4 is 5.32 Å². The summed E-state index contributed by atoms with van der Waals surface area (Å²) >= 11 is 1.78. The lowest BCUT2D eigenvalue weighted by molar-refractivity contribution is -0.130. The van der Waals surface area contributed by atoms with E-state index >= 15 is 0 Å². The molecule has 0 aromatic carbocycles. The van der Waals surface area contributed by atoms with Gasteiger partial charge in [0, 0.05) is 15.8 Å². The number of hydrogen-bond acceptors (Lipinski definition) is 3. The number of carbonyl (C=O) groups excluding carboxylic acids is 1. The van der Waals surface area contributed by atoms with Crippen molar-refractivity contribution in [3.63, 3.8) is 0 Å². The predicted octanol–water partition coefficient (Wildman–Crippen LogP) is 3.70. The summed E-state index contributed by atoms with van der Waals surface area (Å²) < 4.78 is 0. The zero-order valence-electron chi connectivity index (χ0n) is 13.0. The minimum absolute atomic E-state index is 0.0789. The SMILES string of the molecule is Cc1ccc(C2NCC(=O)N2C(C)CCCC(C)C)s1. The molecule has 4 heteroatoms. The van der Waals surface area contributed by atoms with Crippen LogP contribution in [0.25, 0.3) is 0 Å². The molecule has 1 amide bonds. The van der Waals surface area contributed by atoms with Gasteiger partial charge in [-0.15, -0.1) is 11.3 Å². The third-order valence-corrected chi connectivity index (χ3v) is 4.97. The summed E-state index contributed by atoms with van der Waals surface area (Å²) in [5.74, 6) is 0.975. The summed E-state index contributed by atoms with van der Waals surface area (Å²) in [5, 5.41) is 3.35. The standard InChI is InChI=1S/C16H26N2OS/c1-11(2)6-5-7-12(3)18-15(19)10-17-16(18)14-9-8-13(4)20-14/h8-9,11-12,16-17H,5-7,10H2,1-4H3. The number of amides is 1. The van der Waals surface area contributed by atoms with Crippen molar-refractivity contribution >= 4 is 17.2 Å². The van der Waals surface area contributed by atoms with Crippen LogP contribution in [-0.4, -0.2) is 23.4 Å². The molecule has 2 unspecified atom stereocenters. The Balaban J connectivity index is 2.01. The van der Waals surface area contributed by atoms with E-state index in [4.69, 9.17) is 0 Å². The lowest BCUT2D eigenvalue weighted by atomic mass is 10.0. The van der Waals surface area contributed by atoms with Gasteiger partial charge in [0.25, 0.3) is 0 Å². The van der Waals surface area contributed by atoms with Crippen molar-refractivity contribution in [1.82, 2.24) is 10.2 Å². The van der Waals surface area contributed by atoms with Gasteiger partial charge in [0.15, 0.2) is 0 Å². The Kier molecular flexibility index (Phi) is 5.22. The van der Waals surface area contributed by atoms with Gasteiger partial charge in [-0.2, -0.15) is 0 Å². The van der Waals surface area contributed by atoms with Crippen LogP contribution in [0.1, 0.15) is 56.0 Å². The molecule has 1 saturated heterocycles. The number of nitrogens with one attached hydrogen (secondary N) is 1. The van der Waals surface area contributed by atoms with E-state index in [-0.39, 0.29) is 12.1 Å². The highest BCUT2D eigenvalue weighted by Gasteiger charge is 2.35. The first kappa shape index (κ1) is 15.5. The first-order valence-electron chi connectivity index (χ1n) is 7.60. The summed E-state index contributed by atoms with van der Waals surface area (Å²) in [6.45, 7) is 9.27. The fraction of sp³-hybridized carbons (Fsp3) is 0.688. The molecule has 2 rings (SSSR count). The lowest BCUT2D eigenvalue weighted by Gasteiger charge is -2.30. The van der Waals surface area contributed by atoms with Gasteiger partial charge in [0.2, 0.25) is 5.91 Å². The molecule has 1 aromatic heterocycles. The van der Waals surface area contributed by atoms with E-state index in [1.54, 1.807) is 11.3 Å². The second-order valence-electron chi connectivity index (χ2n) is 6.21. The van der Waals surface area contributed by atoms with Crippen LogP contribution in [0.4, 0.5) is 0 Å². The molecule has 1 N–H and O–H groups in total. The molecule has 0 saturated carbocycles. The van der Waals surface area contributed by atoms with E-state index in [1.807, 2.05) is 4.90 Å². The number of rotatable bonds is 6. The van der Waals surface area contributed by atoms with Gasteiger partial charge < -0.3 is 4.90 Å². The van der Waals surface area contributed by atoms with Gasteiger partial charge in [-0.05, 0) is 38.3 Å². The summed E-state index contributed by atoms with van der Waals surface area (Å²) in [4.78, 5) is 16.8. The molecule has 1 aliphatic heterocycles. The summed E-state index contributed by atoms with van der Waals surface area (Å²) in [6, 6.07) is 4.58. The van der Waals surface area contributed by atoms with Crippen molar-refractivity contribution < 1.29 is 4.79 Å². The molecule has 0 spiro atoms. The second-order valence-corrected chi connectivity index (χ2v) is 7.53. The molecule has 112 valence electrons. The maximum Gasteiger partial charge on any atom is 0.238 e. The van der Waals surface area contributed by atoms with Crippen molar-refractivity contribution in [3.8, 4) is 0 Å². The summed E-state index contributed by atoms with van der Waals surface area (Å²) in [5.41, 5.74) is 0. The minimum atomic E-state index is 0.0789. The van der Waals surface area contributed by atoms with E-state index in [0.717, 1.165) is 12.3 Å². The first-order chi connectivity index (χ1) is 9.49. The van der Waals surface area contributed by atoms with Crippen LogP contribution in [0.15, 0.2) is 12.1 Å². The van der Waals surface area contributed by atoms with E-state index in [0.29, 0.717) is 12.6 Å². The summed E-state index contributed by atoms with van der Waals surface area (Å²) in [6.07, 6.45) is 3.60. The third-order valence-electron chi connectivity index (χ3n) is 3.92. The Labute approximate surface area is 126 Å².